The van der Waals surface area contributed by atoms with Crippen molar-refractivity contribution in [3.8, 4) is 23.0 Å². The molecule has 0 saturated heterocycles. The van der Waals surface area contributed by atoms with Crippen molar-refractivity contribution in [1.29, 1.82) is 0 Å². The number of rotatable bonds is 11. The van der Waals surface area contributed by atoms with E-state index in [1.54, 1.807) is 6.92 Å². The van der Waals surface area contributed by atoms with Gasteiger partial charge in [0.05, 0.1) is 19.1 Å². The maximum Gasteiger partial charge on any atom is 0.306 e. The van der Waals surface area contributed by atoms with Gasteiger partial charge < -0.3 is 19.3 Å². The molecule has 0 unspecified atom stereocenters. The zero-order valence-corrected chi connectivity index (χ0v) is 17.0. The molecule has 0 aliphatic carbocycles. The molecule has 0 fully saturated rings. The summed E-state index contributed by atoms with van der Waals surface area (Å²) in [6.07, 6.45) is 1.26. The van der Waals surface area contributed by atoms with Gasteiger partial charge in [0.1, 0.15) is 23.0 Å². The SMILES string of the molecule is C[C@@H](Cc1ccc(OCCCOc2ccc(Oc3ccccc3)cc2)cc1)C(=O)O. The van der Waals surface area contributed by atoms with E-state index < -0.39 is 11.9 Å². The van der Waals surface area contributed by atoms with Crippen LogP contribution in [0.3, 0.4) is 0 Å². The van der Waals surface area contributed by atoms with Crippen LogP contribution in [0.4, 0.5) is 0 Å². The third kappa shape index (κ3) is 6.85. The van der Waals surface area contributed by atoms with Crippen molar-refractivity contribution in [3.05, 3.63) is 84.4 Å². The van der Waals surface area contributed by atoms with Gasteiger partial charge in [-0.25, -0.2) is 0 Å². The lowest BCUT2D eigenvalue weighted by molar-refractivity contribution is -0.141. The predicted molar refractivity (Wildman–Crippen MR) is 116 cm³/mol. The van der Waals surface area contributed by atoms with Crippen molar-refractivity contribution in [1.82, 2.24) is 0 Å². The maximum atomic E-state index is 10.9. The van der Waals surface area contributed by atoms with E-state index in [1.807, 2.05) is 78.9 Å². The normalized spacial score (nSPS) is 11.5. The van der Waals surface area contributed by atoms with Gasteiger partial charge in [0.2, 0.25) is 0 Å². The Balaban J connectivity index is 1.34. The Bertz CT molecular complexity index is 905. The van der Waals surface area contributed by atoms with E-state index in [4.69, 9.17) is 19.3 Å². The first kappa shape index (κ1) is 21.2. The summed E-state index contributed by atoms with van der Waals surface area (Å²) in [6.45, 7) is 2.80. The number of para-hydroxylation sites is 1. The molecule has 3 aromatic rings. The number of benzene rings is 3. The second kappa shape index (κ2) is 10.9. The van der Waals surface area contributed by atoms with E-state index in [2.05, 4.69) is 0 Å². The number of carboxylic acid groups (broad SMARTS) is 1. The molecule has 0 saturated carbocycles. The summed E-state index contributed by atoms with van der Waals surface area (Å²) < 4.78 is 17.2. The average Bonchev–Trinajstić information content (AvgIpc) is 2.76. The van der Waals surface area contributed by atoms with Crippen molar-refractivity contribution in [2.75, 3.05) is 13.2 Å². The third-order valence-corrected chi connectivity index (χ3v) is 4.52. The number of hydrogen-bond donors (Lipinski definition) is 1. The van der Waals surface area contributed by atoms with Crippen LogP contribution in [0, 0.1) is 5.92 Å². The Kier molecular flexibility index (Phi) is 7.72. The average molecular weight is 406 g/mol. The molecule has 156 valence electrons. The Morgan fingerprint density at radius 3 is 1.83 bits per heavy atom. The van der Waals surface area contributed by atoms with Crippen LogP contribution in [0.1, 0.15) is 18.9 Å². The first-order valence-corrected chi connectivity index (χ1v) is 10.0. The van der Waals surface area contributed by atoms with Crippen LogP contribution in [0.5, 0.6) is 23.0 Å². The molecular formula is C25H26O5. The van der Waals surface area contributed by atoms with Gasteiger partial charge in [0.25, 0.3) is 0 Å². The summed E-state index contributed by atoms with van der Waals surface area (Å²) in [5.41, 5.74) is 0.986. The van der Waals surface area contributed by atoms with Crippen molar-refractivity contribution in [2.24, 2.45) is 5.92 Å². The van der Waals surface area contributed by atoms with Gasteiger partial charge in [0.15, 0.2) is 0 Å². The summed E-state index contributed by atoms with van der Waals surface area (Å²) >= 11 is 0. The second-order valence-corrected chi connectivity index (χ2v) is 7.02. The van der Waals surface area contributed by atoms with E-state index in [-0.39, 0.29) is 0 Å². The lowest BCUT2D eigenvalue weighted by Crippen LogP contribution is -2.12. The van der Waals surface area contributed by atoms with E-state index in [1.165, 1.54) is 0 Å². The van der Waals surface area contributed by atoms with E-state index in [0.29, 0.717) is 19.6 Å². The molecule has 0 bridgehead atoms. The molecule has 0 aliphatic rings. The first-order valence-electron chi connectivity index (χ1n) is 10.0. The zero-order chi connectivity index (χ0) is 21.2. The Labute approximate surface area is 176 Å². The van der Waals surface area contributed by atoms with Gasteiger partial charge in [0, 0.05) is 6.42 Å². The molecule has 0 aliphatic heterocycles. The molecule has 3 aromatic carbocycles. The second-order valence-electron chi connectivity index (χ2n) is 7.02. The smallest absolute Gasteiger partial charge is 0.306 e. The number of aliphatic carboxylic acids is 1. The molecule has 1 N–H and O–H groups in total. The highest BCUT2D eigenvalue weighted by Gasteiger charge is 2.11. The fourth-order valence-electron chi connectivity index (χ4n) is 2.83. The number of carbonyl (C=O) groups is 1. The van der Waals surface area contributed by atoms with Gasteiger partial charge in [-0.2, -0.15) is 0 Å². The van der Waals surface area contributed by atoms with Crippen molar-refractivity contribution >= 4 is 5.97 Å². The van der Waals surface area contributed by atoms with E-state index >= 15 is 0 Å². The van der Waals surface area contributed by atoms with Crippen LogP contribution in [0.15, 0.2) is 78.9 Å². The van der Waals surface area contributed by atoms with Crippen LogP contribution in [-0.4, -0.2) is 24.3 Å². The van der Waals surface area contributed by atoms with Crippen LogP contribution in [0.25, 0.3) is 0 Å². The quantitative estimate of drug-likeness (QED) is 0.421. The molecule has 3 rings (SSSR count). The van der Waals surface area contributed by atoms with Crippen molar-refractivity contribution < 1.29 is 24.1 Å². The minimum atomic E-state index is -0.784. The summed E-state index contributed by atoms with van der Waals surface area (Å²) in [5, 5.41) is 8.98. The molecule has 5 heteroatoms. The van der Waals surface area contributed by atoms with Gasteiger partial charge in [-0.1, -0.05) is 37.3 Å². The van der Waals surface area contributed by atoms with Gasteiger partial charge in [-0.3, -0.25) is 4.79 Å². The Hall–Kier alpha value is -3.47. The minimum absolute atomic E-state index is 0.395. The van der Waals surface area contributed by atoms with Gasteiger partial charge in [-0.05, 0) is 60.5 Å². The molecule has 0 amide bonds. The lowest BCUT2D eigenvalue weighted by Gasteiger charge is -2.10. The molecule has 1 atom stereocenters. The highest BCUT2D eigenvalue weighted by molar-refractivity contribution is 5.69. The largest absolute Gasteiger partial charge is 0.493 e. The van der Waals surface area contributed by atoms with Crippen molar-refractivity contribution in [2.45, 2.75) is 19.8 Å². The Morgan fingerprint density at radius 2 is 1.27 bits per heavy atom. The zero-order valence-electron chi connectivity index (χ0n) is 17.0. The molecule has 0 radical (unpaired) electrons. The predicted octanol–water partition coefficient (Wildman–Crippen LogP) is 5.59. The van der Waals surface area contributed by atoms with E-state index in [0.717, 1.165) is 35.0 Å². The van der Waals surface area contributed by atoms with Gasteiger partial charge >= 0.3 is 5.97 Å². The highest BCUT2D eigenvalue weighted by Crippen LogP contribution is 2.23. The topological polar surface area (TPSA) is 65.0 Å². The summed E-state index contributed by atoms with van der Waals surface area (Å²) in [6, 6.07) is 24.7. The first-order chi connectivity index (χ1) is 14.6. The molecular weight excluding hydrogens is 380 g/mol. The monoisotopic (exact) mass is 406 g/mol. The van der Waals surface area contributed by atoms with Crippen LogP contribution < -0.4 is 14.2 Å². The molecule has 0 aromatic heterocycles. The molecule has 30 heavy (non-hydrogen) atoms. The Morgan fingerprint density at radius 1 is 0.767 bits per heavy atom. The maximum absolute atomic E-state index is 10.9. The third-order valence-electron chi connectivity index (χ3n) is 4.52. The molecule has 0 spiro atoms. The van der Waals surface area contributed by atoms with Crippen molar-refractivity contribution in [3.63, 3.8) is 0 Å². The number of hydrogen-bond acceptors (Lipinski definition) is 4. The summed E-state index contributed by atoms with van der Waals surface area (Å²) in [7, 11) is 0. The summed E-state index contributed by atoms with van der Waals surface area (Å²) in [5.74, 6) is 1.93. The standard InChI is InChI=1S/C25H26O5/c1-19(25(26)27)18-20-8-10-21(11-9-20)28-16-5-17-29-22-12-14-24(15-13-22)30-23-6-3-2-4-7-23/h2-4,6-15,19H,5,16-18H2,1H3,(H,26,27)/t19-/m0/s1. The molecule has 5 nitrogen and oxygen atoms in total. The minimum Gasteiger partial charge on any atom is -0.493 e. The lowest BCUT2D eigenvalue weighted by atomic mass is 10.0. The fourth-order valence-corrected chi connectivity index (χ4v) is 2.83. The van der Waals surface area contributed by atoms with Crippen LogP contribution in [-0.2, 0) is 11.2 Å². The highest BCUT2D eigenvalue weighted by atomic mass is 16.5. The van der Waals surface area contributed by atoms with Crippen LogP contribution >= 0.6 is 0 Å². The number of ether oxygens (including phenoxy) is 3. The van der Waals surface area contributed by atoms with Crippen LogP contribution in [0.2, 0.25) is 0 Å². The number of carboxylic acids is 1. The van der Waals surface area contributed by atoms with E-state index in [9.17, 15) is 4.79 Å². The summed E-state index contributed by atoms with van der Waals surface area (Å²) in [4.78, 5) is 10.9. The molecule has 0 heterocycles. The van der Waals surface area contributed by atoms with Gasteiger partial charge in [-0.15, -0.1) is 0 Å². The fraction of sp³-hybridized carbons (Fsp3) is 0.240.